The molecule has 5 heteroatoms. The van der Waals surface area contributed by atoms with E-state index >= 15 is 0 Å². The molecule has 0 N–H and O–H groups in total. The van der Waals surface area contributed by atoms with Crippen molar-refractivity contribution in [3.8, 4) is 0 Å². The normalized spacial score (nSPS) is 24.7. The van der Waals surface area contributed by atoms with Crippen molar-refractivity contribution < 1.29 is 0 Å². The molecule has 4 nitrogen and oxygen atoms in total. The van der Waals surface area contributed by atoms with Crippen LogP contribution < -0.4 is 4.90 Å². The van der Waals surface area contributed by atoms with Crippen LogP contribution in [0.25, 0.3) is 0 Å². The van der Waals surface area contributed by atoms with Gasteiger partial charge in [-0.2, -0.15) is 0 Å². The number of aromatic nitrogens is 2. The summed E-state index contributed by atoms with van der Waals surface area (Å²) in [6.45, 7) is 3.24. The number of rotatable bonds is 3. The van der Waals surface area contributed by atoms with Crippen LogP contribution in [0.2, 0.25) is 0 Å². The highest BCUT2D eigenvalue weighted by molar-refractivity contribution is 9.10. The Balaban J connectivity index is 1.45. The summed E-state index contributed by atoms with van der Waals surface area (Å²) in [5, 5.41) is 0. The molecule has 2 unspecified atom stereocenters. The van der Waals surface area contributed by atoms with Gasteiger partial charge in [0, 0.05) is 31.7 Å². The lowest BCUT2D eigenvalue weighted by Crippen LogP contribution is -2.46. The number of nitrogens with zero attached hydrogens (tertiary/aromatic N) is 4. The monoisotopic (exact) mass is 344 g/mol. The van der Waals surface area contributed by atoms with Crippen molar-refractivity contribution in [2.45, 2.75) is 25.0 Å². The van der Waals surface area contributed by atoms with Gasteiger partial charge in [-0.3, -0.25) is 4.90 Å². The smallest absolute Gasteiger partial charge is 0.147 e. The number of piperazine rings is 1. The zero-order chi connectivity index (χ0) is 14.2. The fraction of sp³-hybridized carbons (Fsp3) is 0.375. The van der Waals surface area contributed by atoms with Gasteiger partial charge >= 0.3 is 0 Å². The highest BCUT2D eigenvalue weighted by atomic mass is 79.9. The molecule has 2 aliphatic heterocycles. The van der Waals surface area contributed by atoms with Crippen LogP contribution in [-0.4, -0.2) is 40.0 Å². The van der Waals surface area contributed by atoms with Crippen molar-refractivity contribution in [1.82, 2.24) is 14.9 Å². The zero-order valence-electron chi connectivity index (χ0n) is 11.7. The molecule has 0 amide bonds. The SMILES string of the molecule is Brc1cnc(N2CC3CC2CN3Cc2ccccc2)cn1. The minimum Gasteiger partial charge on any atom is -0.349 e. The minimum atomic E-state index is 0.578. The van der Waals surface area contributed by atoms with Crippen molar-refractivity contribution in [2.75, 3.05) is 18.0 Å². The third kappa shape index (κ3) is 2.56. The van der Waals surface area contributed by atoms with Crippen LogP contribution in [0.4, 0.5) is 5.82 Å². The van der Waals surface area contributed by atoms with Crippen LogP contribution in [0.15, 0.2) is 47.3 Å². The number of anilines is 1. The van der Waals surface area contributed by atoms with E-state index in [1.54, 1.807) is 6.20 Å². The Morgan fingerprint density at radius 3 is 2.57 bits per heavy atom. The molecule has 2 aliphatic rings. The molecule has 3 heterocycles. The third-order valence-electron chi connectivity index (χ3n) is 4.48. The van der Waals surface area contributed by atoms with Gasteiger partial charge in [-0.1, -0.05) is 30.3 Å². The van der Waals surface area contributed by atoms with E-state index in [1.165, 1.54) is 12.0 Å². The van der Waals surface area contributed by atoms with E-state index in [2.05, 4.69) is 66.0 Å². The Morgan fingerprint density at radius 2 is 1.90 bits per heavy atom. The molecule has 0 saturated carbocycles. The van der Waals surface area contributed by atoms with Crippen LogP contribution in [0.1, 0.15) is 12.0 Å². The lowest BCUT2D eigenvalue weighted by atomic mass is 10.2. The van der Waals surface area contributed by atoms with Crippen LogP contribution in [0, 0.1) is 0 Å². The Kier molecular flexibility index (Phi) is 3.39. The first-order valence-corrected chi connectivity index (χ1v) is 8.11. The fourth-order valence-corrected chi connectivity index (χ4v) is 3.70. The van der Waals surface area contributed by atoms with Crippen molar-refractivity contribution in [3.05, 3.63) is 52.9 Å². The minimum absolute atomic E-state index is 0.578. The molecule has 0 spiro atoms. The second-order valence-electron chi connectivity index (χ2n) is 5.81. The maximum absolute atomic E-state index is 4.49. The largest absolute Gasteiger partial charge is 0.349 e. The summed E-state index contributed by atoms with van der Waals surface area (Å²) in [4.78, 5) is 13.8. The Morgan fingerprint density at radius 1 is 1.05 bits per heavy atom. The summed E-state index contributed by atoms with van der Waals surface area (Å²) in [6, 6.07) is 12.0. The van der Waals surface area contributed by atoms with Gasteiger partial charge in [0.15, 0.2) is 0 Å². The molecule has 0 radical (unpaired) electrons. The lowest BCUT2D eigenvalue weighted by molar-refractivity contribution is 0.230. The number of likely N-dealkylation sites (tertiary alicyclic amines) is 1. The Hall–Kier alpha value is -1.46. The number of hydrogen-bond acceptors (Lipinski definition) is 4. The van der Waals surface area contributed by atoms with Gasteiger partial charge in [0.25, 0.3) is 0 Å². The van der Waals surface area contributed by atoms with E-state index in [0.29, 0.717) is 12.1 Å². The number of benzene rings is 1. The van der Waals surface area contributed by atoms with Crippen molar-refractivity contribution >= 4 is 21.7 Å². The summed E-state index contributed by atoms with van der Waals surface area (Å²) in [5.74, 6) is 1.00. The fourth-order valence-electron chi connectivity index (χ4n) is 3.50. The van der Waals surface area contributed by atoms with Crippen LogP contribution in [-0.2, 0) is 6.54 Å². The molecular formula is C16H17BrN4. The highest BCUT2D eigenvalue weighted by Crippen LogP contribution is 2.34. The molecule has 2 atom stereocenters. The van der Waals surface area contributed by atoms with Crippen LogP contribution in [0.5, 0.6) is 0 Å². The molecule has 2 aromatic rings. The number of fused-ring (bicyclic) bond motifs is 2. The second-order valence-corrected chi connectivity index (χ2v) is 6.62. The standard InChI is InChI=1S/C16H17BrN4/c17-15-7-19-16(8-18-15)21-11-13-6-14(21)10-20(13)9-12-4-2-1-3-5-12/h1-5,7-8,13-14H,6,9-11H2. The van der Waals surface area contributed by atoms with Crippen LogP contribution in [0.3, 0.4) is 0 Å². The quantitative estimate of drug-likeness (QED) is 0.856. The maximum Gasteiger partial charge on any atom is 0.147 e. The molecule has 0 aliphatic carbocycles. The van der Waals surface area contributed by atoms with Gasteiger partial charge in [-0.25, -0.2) is 9.97 Å². The summed E-state index contributed by atoms with van der Waals surface area (Å²) in [5.41, 5.74) is 1.40. The molecule has 21 heavy (non-hydrogen) atoms. The average Bonchev–Trinajstić information content (AvgIpc) is 3.09. The Bertz CT molecular complexity index is 616. The third-order valence-corrected chi connectivity index (χ3v) is 4.89. The molecule has 4 rings (SSSR count). The molecule has 2 fully saturated rings. The summed E-state index contributed by atoms with van der Waals surface area (Å²) in [7, 11) is 0. The lowest BCUT2D eigenvalue weighted by Gasteiger charge is -2.34. The molecule has 2 bridgehead atoms. The van der Waals surface area contributed by atoms with Gasteiger partial charge < -0.3 is 4.90 Å². The van der Waals surface area contributed by atoms with Crippen molar-refractivity contribution in [2.24, 2.45) is 0 Å². The summed E-state index contributed by atoms with van der Waals surface area (Å²) in [6.07, 6.45) is 4.89. The first-order valence-electron chi connectivity index (χ1n) is 7.32. The van der Waals surface area contributed by atoms with E-state index < -0.39 is 0 Å². The van der Waals surface area contributed by atoms with E-state index in [9.17, 15) is 0 Å². The zero-order valence-corrected chi connectivity index (χ0v) is 13.3. The predicted octanol–water partition coefficient (Wildman–Crippen LogP) is 2.70. The van der Waals surface area contributed by atoms with Gasteiger partial charge in [0.05, 0.1) is 12.4 Å². The number of halogens is 1. The van der Waals surface area contributed by atoms with Crippen LogP contribution >= 0.6 is 15.9 Å². The van der Waals surface area contributed by atoms with Crippen molar-refractivity contribution in [1.29, 1.82) is 0 Å². The molecule has 1 aromatic carbocycles. The molecule has 2 saturated heterocycles. The highest BCUT2D eigenvalue weighted by Gasteiger charge is 2.43. The predicted molar refractivity (Wildman–Crippen MR) is 86.1 cm³/mol. The molecular weight excluding hydrogens is 328 g/mol. The van der Waals surface area contributed by atoms with Gasteiger partial charge in [-0.15, -0.1) is 0 Å². The summed E-state index contributed by atoms with van der Waals surface area (Å²) < 4.78 is 0.793. The van der Waals surface area contributed by atoms with E-state index in [1.807, 2.05) is 6.20 Å². The van der Waals surface area contributed by atoms with Crippen molar-refractivity contribution in [3.63, 3.8) is 0 Å². The first kappa shape index (κ1) is 13.2. The van der Waals surface area contributed by atoms with Gasteiger partial charge in [-0.05, 0) is 27.9 Å². The van der Waals surface area contributed by atoms with Gasteiger partial charge in [0.2, 0.25) is 0 Å². The van der Waals surface area contributed by atoms with E-state index in [0.717, 1.165) is 30.1 Å². The second kappa shape index (κ2) is 5.39. The maximum atomic E-state index is 4.49. The first-order chi connectivity index (χ1) is 10.3. The average molecular weight is 345 g/mol. The number of hydrogen-bond donors (Lipinski definition) is 0. The Labute approximate surface area is 132 Å². The van der Waals surface area contributed by atoms with E-state index in [-0.39, 0.29) is 0 Å². The van der Waals surface area contributed by atoms with E-state index in [4.69, 9.17) is 0 Å². The summed E-state index contributed by atoms with van der Waals surface area (Å²) >= 11 is 3.34. The van der Waals surface area contributed by atoms with Gasteiger partial charge in [0.1, 0.15) is 10.4 Å². The topological polar surface area (TPSA) is 32.3 Å². The molecule has 108 valence electrons. The molecule has 1 aromatic heterocycles.